The van der Waals surface area contributed by atoms with Crippen LogP contribution in [0.4, 0.5) is 24.8 Å². The van der Waals surface area contributed by atoms with Gasteiger partial charge in [0.15, 0.2) is 17.6 Å². The molecule has 2 atom stereocenters. The Balaban J connectivity index is 1.65. The van der Waals surface area contributed by atoms with Crippen LogP contribution in [-0.2, 0) is 0 Å². The highest BCUT2D eigenvalue weighted by molar-refractivity contribution is 6.02. The fourth-order valence-corrected chi connectivity index (χ4v) is 3.37. The average molecular weight is 421 g/mol. The van der Waals surface area contributed by atoms with Crippen molar-refractivity contribution in [2.45, 2.75) is 31.6 Å². The minimum absolute atomic E-state index is 0.0953. The number of ether oxygens (including phenoxy) is 1. The van der Waals surface area contributed by atoms with Crippen LogP contribution in [-0.4, -0.2) is 34.1 Å². The molecular weight excluding hydrogens is 403 g/mol. The Morgan fingerprint density at radius 3 is 2.80 bits per heavy atom. The van der Waals surface area contributed by atoms with Crippen molar-refractivity contribution in [2.75, 3.05) is 17.7 Å². The molecule has 0 fully saturated rings. The van der Waals surface area contributed by atoms with Crippen molar-refractivity contribution >= 4 is 17.5 Å². The lowest BCUT2D eigenvalue weighted by Crippen LogP contribution is -2.35. The van der Waals surface area contributed by atoms with Crippen LogP contribution in [0.2, 0.25) is 0 Å². The van der Waals surface area contributed by atoms with Crippen LogP contribution < -0.4 is 15.4 Å². The number of methoxy groups -OCH3 is 1. The fourth-order valence-electron chi connectivity index (χ4n) is 3.37. The van der Waals surface area contributed by atoms with Crippen LogP contribution in [0, 0.1) is 6.92 Å². The van der Waals surface area contributed by atoms with Gasteiger partial charge in [-0.05, 0) is 24.6 Å². The summed E-state index contributed by atoms with van der Waals surface area (Å²) in [5.41, 5.74) is 0.471. The van der Waals surface area contributed by atoms with Crippen molar-refractivity contribution in [3.05, 3.63) is 53.4 Å². The Morgan fingerprint density at radius 1 is 1.33 bits per heavy atom. The molecule has 2 N–H and O–H groups in total. The molecule has 1 aliphatic heterocycles. The summed E-state index contributed by atoms with van der Waals surface area (Å²) < 4.78 is 52.2. The van der Waals surface area contributed by atoms with Crippen molar-refractivity contribution < 1.29 is 27.2 Å². The SMILES string of the molecule is COc1cccc([C@@H]2C[C@@H](C(F)(F)F)n3nc(C(=O)Nc4cc(C)on4)cc3N2)c1. The normalized spacial score (nSPS) is 18.4. The third-order valence-corrected chi connectivity index (χ3v) is 4.79. The molecule has 4 rings (SSSR count). The lowest BCUT2D eigenvalue weighted by molar-refractivity contribution is -0.173. The van der Waals surface area contributed by atoms with Gasteiger partial charge >= 0.3 is 6.18 Å². The number of hydrogen-bond acceptors (Lipinski definition) is 6. The number of alkyl halides is 3. The van der Waals surface area contributed by atoms with Gasteiger partial charge in [-0.3, -0.25) is 4.79 Å². The van der Waals surface area contributed by atoms with E-state index >= 15 is 0 Å². The molecule has 30 heavy (non-hydrogen) atoms. The monoisotopic (exact) mass is 421 g/mol. The van der Waals surface area contributed by atoms with Crippen LogP contribution in [0.3, 0.4) is 0 Å². The molecule has 3 heterocycles. The number of halogens is 3. The largest absolute Gasteiger partial charge is 0.497 e. The number of amides is 1. The summed E-state index contributed by atoms with van der Waals surface area (Å²) in [6, 6.07) is 7.08. The van der Waals surface area contributed by atoms with E-state index in [1.165, 1.54) is 19.2 Å². The van der Waals surface area contributed by atoms with Gasteiger partial charge in [-0.1, -0.05) is 17.3 Å². The zero-order chi connectivity index (χ0) is 21.5. The first kappa shape index (κ1) is 19.8. The maximum Gasteiger partial charge on any atom is 0.410 e. The summed E-state index contributed by atoms with van der Waals surface area (Å²) in [4.78, 5) is 12.4. The van der Waals surface area contributed by atoms with E-state index in [0.29, 0.717) is 17.1 Å². The first-order valence-corrected chi connectivity index (χ1v) is 9.06. The maximum absolute atomic E-state index is 13.8. The van der Waals surface area contributed by atoms with Crippen LogP contribution in [0.15, 0.2) is 40.9 Å². The minimum Gasteiger partial charge on any atom is -0.497 e. The molecule has 158 valence electrons. The molecule has 1 aliphatic rings. The standard InChI is InChI=1S/C19H18F3N5O3/c1-10-6-16(26-30-10)24-18(28)14-9-17-23-13(11-4-3-5-12(7-11)29-2)8-15(19(20,21)22)27(17)25-14/h3-7,9,13,15,23H,8H2,1-2H3,(H,24,26,28)/t13-,15-/m0/s1. The summed E-state index contributed by atoms with van der Waals surface area (Å²) in [6.45, 7) is 1.65. The molecule has 0 aliphatic carbocycles. The van der Waals surface area contributed by atoms with E-state index in [0.717, 1.165) is 4.68 Å². The zero-order valence-electron chi connectivity index (χ0n) is 16.0. The van der Waals surface area contributed by atoms with Crippen LogP contribution >= 0.6 is 0 Å². The lowest BCUT2D eigenvalue weighted by atomic mass is 9.97. The van der Waals surface area contributed by atoms with Gasteiger partial charge in [0.2, 0.25) is 0 Å². The third-order valence-electron chi connectivity index (χ3n) is 4.79. The van der Waals surface area contributed by atoms with E-state index in [9.17, 15) is 18.0 Å². The first-order valence-electron chi connectivity index (χ1n) is 9.06. The summed E-state index contributed by atoms with van der Waals surface area (Å²) in [7, 11) is 1.49. The number of carbonyl (C=O) groups is 1. The van der Waals surface area contributed by atoms with Gasteiger partial charge in [0.05, 0.1) is 13.2 Å². The second-order valence-electron chi connectivity index (χ2n) is 6.90. The van der Waals surface area contributed by atoms with Crippen molar-refractivity contribution in [1.29, 1.82) is 0 Å². The average Bonchev–Trinajstić information content (AvgIpc) is 3.32. The van der Waals surface area contributed by atoms with Crippen molar-refractivity contribution in [1.82, 2.24) is 14.9 Å². The Kier molecular flexibility index (Phi) is 4.88. The number of benzene rings is 1. The number of aryl methyl sites for hydroxylation is 1. The van der Waals surface area contributed by atoms with Crippen LogP contribution in [0.1, 0.15) is 40.3 Å². The highest BCUT2D eigenvalue weighted by Crippen LogP contribution is 2.44. The van der Waals surface area contributed by atoms with Gasteiger partial charge in [-0.2, -0.15) is 18.3 Å². The Labute approximate surface area is 169 Å². The van der Waals surface area contributed by atoms with E-state index in [1.807, 2.05) is 0 Å². The molecule has 0 saturated heterocycles. The molecule has 3 aromatic rings. The predicted octanol–water partition coefficient (Wildman–Crippen LogP) is 4.10. The van der Waals surface area contributed by atoms with Crippen LogP contribution in [0.5, 0.6) is 5.75 Å². The molecule has 2 aromatic heterocycles. The number of anilines is 2. The fraction of sp³-hybridized carbons (Fsp3) is 0.316. The minimum atomic E-state index is -4.54. The molecule has 11 heteroatoms. The Hall–Kier alpha value is -3.50. The molecular formula is C19H18F3N5O3. The highest BCUT2D eigenvalue weighted by atomic mass is 19.4. The smallest absolute Gasteiger partial charge is 0.410 e. The van der Waals surface area contributed by atoms with Gasteiger partial charge in [0.25, 0.3) is 5.91 Å². The number of nitrogens with one attached hydrogen (secondary N) is 2. The highest BCUT2D eigenvalue weighted by Gasteiger charge is 2.46. The van der Waals surface area contributed by atoms with E-state index in [1.54, 1.807) is 31.2 Å². The zero-order valence-corrected chi connectivity index (χ0v) is 16.0. The third kappa shape index (κ3) is 3.82. The van der Waals surface area contributed by atoms with E-state index in [4.69, 9.17) is 9.26 Å². The second-order valence-corrected chi connectivity index (χ2v) is 6.90. The summed E-state index contributed by atoms with van der Waals surface area (Å²) in [5.74, 6) is 0.580. The van der Waals surface area contributed by atoms with Gasteiger partial charge in [0, 0.05) is 18.6 Å². The number of hydrogen-bond donors (Lipinski definition) is 2. The number of nitrogens with zero attached hydrogens (tertiary/aromatic N) is 3. The lowest BCUT2D eigenvalue weighted by Gasteiger charge is -2.33. The molecule has 1 aromatic carbocycles. The van der Waals surface area contributed by atoms with Gasteiger partial charge in [-0.25, -0.2) is 4.68 Å². The number of rotatable bonds is 4. The molecule has 1 amide bonds. The van der Waals surface area contributed by atoms with Gasteiger partial charge < -0.3 is 19.9 Å². The summed E-state index contributed by atoms with van der Waals surface area (Å²) in [6.07, 6.45) is -4.83. The molecule has 8 nitrogen and oxygen atoms in total. The van der Waals surface area contributed by atoms with Gasteiger partial charge in [-0.15, -0.1) is 0 Å². The van der Waals surface area contributed by atoms with Crippen molar-refractivity contribution in [2.24, 2.45) is 0 Å². The second kappa shape index (κ2) is 7.39. The van der Waals surface area contributed by atoms with Crippen molar-refractivity contribution in [3.8, 4) is 5.75 Å². The first-order chi connectivity index (χ1) is 14.2. The summed E-state index contributed by atoms with van der Waals surface area (Å²) in [5, 5.41) is 13.0. The van der Waals surface area contributed by atoms with E-state index < -0.39 is 24.2 Å². The number of carbonyl (C=O) groups excluding carboxylic acids is 1. The molecule has 0 radical (unpaired) electrons. The number of fused-ring (bicyclic) bond motifs is 1. The predicted molar refractivity (Wildman–Crippen MR) is 100 cm³/mol. The van der Waals surface area contributed by atoms with E-state index in [2.05, 4.69) is 20.9 Å². The molecule has 0 unspecified atom stereocenters. The Morgan fingerprint density at radius 2 is 2.13 bits per heavy atom. The maximum atomic E-state index is 13.8. The summed E-state index contributed by atoms with van der Waals surface area (Å²) >= 11 is 0. The molecule has 0 spiro atoms. The molecule has 0 saturated carbocycles. The Bertz CT molecular complexity index is 1080. The topological polar surface area (TPSA) is 94.2 Å². The van der Waals surface area contributed by atoms with Crippen LogP contribution in [0.25, 0.3) is 0 Å². The van der Waals surface area contributed by atoms with E-state index in [-0.39, 0.29) is 23.8 Å². The quantitative estimate of drug-likeness (QED) is 0.659. The number of aromatic nitrogens is 3. The van der Waals surface area contributed by atoms with Gasteiger partial charge in [0.1, 0.15) is 17.3 Å². The van der Waals surface area contributed by atoms with Crippen molar-refractivity contribution in [3.63, 3.8) is 0 Å². The molecule has 0 bridgehead atoms.